The third-order valence-electron chi connectivity index (χ3n) is 4.20. The van der Waals surface area contributed by atoms with Crippen molar-refractivity contribution in [3.8, 4) is 5.75 Å². The molecule has 0 fully saturated rings. The van der Waals surface area contributed by atoms with Crippen LogP contribution in [0.25, 0.3) is 0 Å². The second kappa shape index (κ2) is 6.99. The van der Waals surface area contributed by atoms with E-state index in [4.69, 9.17) is 4.74 Å². The van der Waals surface area contributed by atoms with Gasteiger partial charge in [0.05, 0.1) is 5.69 Å². The van der Waals surface area contributed by atoms with Gasteiger partial charge >= 0.3 is 0 Å². The van der Waals surface area contributed by atoms with Gasteiger partial charge in [0.1, 0.15) is 17.4 Å². The molecule has 0 bridgehead atoms. The number of hydrogen-bond donors (Lipinski definition) is 1. The average molecular weight is 331 g/mol. The summed E-state index contributed by atoms with van der Waals surface area (Å²) in [6.07, 6.45) is 2.87. The first-order chi connectivity index (χ1) is 11.6. The second-order valence-electron chi connectivity index (χ2n) is 5.91. The van der Waals surface area contributed by atoms with Gasteiger partial charge in [-0.25, -0.2) is 8.78 Å². The molecular weight excluding hydrogens is 312 g/mol. The molecule has 24 heavy (non-hydrogen) atoms. The number of anilines is 1. The number of rotatable bonds is 5. The number of halogens is 2. The van der Waals surface area contributed by atoms with Gasteiger partial charge in [0.15, 0.2) is 6.10 Å². The van der Waals surface area contributed by atoms with E-state index in [0.29, 0.717) is 12.2 Å². The number of amides is 1. The molecule has 3 nitrogen and oxygen atoms in total. The Morgan fingerprint density at radius 2 is 1.96 bits per heavy atom. The van der Waals surface area contributed by atoms with Crippen molar-refractivity contribution in [1.82, 2.24) is 0 Å². The quantitative estimate of drug-likeness (QED) is 0.889. The van der Waals surface area contributed by atoms with Crippen LogP contribution < -0.4 is 10.1 Å². The summed E-state index contributed by atoms with van der Waals surface area (Å²) in [5, 5.41) is 2.40. The molecule has 0 unspecified atom stereocenters. The Hall–Kier alpha value is -2.43. The van der Waals surface area contributed by atoms with Gasteiger partial charge in [-0.15, -0.1) is 0 Å². The van der Waals surface area contributed by atoms with E-state index in [1.165, 1.54) is 11.1 Å². The van der Waals surface area contributed by atoms with E-state index in [2.05, 4.69) is 5.32 Å². The van der Waals surface area contributed by atoms with Crippen LogP contribution in [0.2, 0.25) is 0 Å². The fourth-order valence-electron chi connectivity index (χ4n) is 2.91. The SMILES string of the molecule is CC[C@@H](Oc1ccc2c(c1)CCC2)C(=O)Nc1cc(F)ccc1F. The maximum absolute atomic E-state index is 13.7. The third kappa shape index (κ3) is 3.55. The highest BCUT2D eigenvalue weighted by Crippen LogP contribution is 2.27. The fourth-order valence-corrected chi connectivity index (χ4v) is 2.91. The number of fused-ring (bicyclic) bond motifs is 1. The van der Waals surface area contributed by atoms with Crippen molar-refractivity contribution in [3.05, 3.63) is 59.2 Å². The molecule has 1 atom stereocenters. The molecule has 2 aromatic rings. The van der Waals surface area contributed by atoms with Gasteiger partial charge in [0, 0.05) is 6.07 Å². The monoisotopic (exact) mass is 331 g/mol. The lowest BCUT2D eigenvalue weighted by atomic mass is 10.1. The molecule has 0 aliphatic heterocycles. The van der Waals surface area contributed by atoms with Crippen molar-refractivity contribution in [1.29, 1.82) is 0 Å². The summed E-state index contributed by atoms with van der Waals surface area (Å²) in [4.78, 5) is 12.3. The van der Waals surface area contributed by atoms with Crippen LogP contribution >= 0.6 is 0 Å². The molecule has 2 aromatic carbocycles. The molecule has 126 valence electrons. The molecule has 0 saturated heterocycles. The van der Waals surface area contributed by atoms with Crippen LogP contribution in [0.1, 0.15) is 30.9 Å². The number of hydrogen-bond acceptors (Lipinski definition) is 2. The number of carbonyl (C=O) groups excluding carboxylic acids is 1. The van der Waals surface area contributed by atoms with Crippen LogP contribution in [0.4, 0.5) is 14.5 Å². The minimum Gasteiger partial charge on any atom is -0.481 e. The number of aryl methyl sites for hydroxylation is 2. The molecule has 1 aliphatic carbocycles. The van der Waals surface area contributed by atoms with Gasteiger partial charge < -0.3 is 10.1 Å². The van der Waals surface area contributed by atoms with Crippen molar-refractivity contribution in [2.45, 2.75) is 38.7 Å². The van der Waals surface area contributed by atoms with Crippen LogP contribution in [0.15, 0.2) is 36.4 Å². The smallest absolute Gasteiger partial charge is 0.265 e. The Morgan fingerprint density at radius 3 is 2.75 bits per heavy atom. The van der Waals surface area contributed by atoms with Gasteiger partial charge in [-0.1, -0.05) is 13.0 Å². The summed E-state index contributed by atoms with van der Waals surface area (Å²) in [5.74, 6) is -1.17. The largest absolute Gasteiger partial charge is 0.481 e. The molecule has 0 heterocycles. The zero-order valence-electron chi connectivity index (χ0n) is 13.4. The van der Waals surface area contributed by atoms with Crippen LogP contribution in [0.3, 0.4) is 0 Å². The second-order valence-corrected chi connectivity index (χ2v) is 5.91. The Balaban J connectivity index is 1.71. The van der Waals surface area contributed by atoms with Crippen molar-refractivity contribution in [2.75, 3.05) is 5.32 Å². The maximum atomic E-state index is 13.7. The molecule has 1 aliphatic rings. The fraction of sp³-hybridized carbons (Fsp3) is 0.316. The Morgan fingerprint density at radius 1 is 1.17 bits per heavy atom. The van der Waals surface area contributed by atoms with Gasteiger partial charge in [-0.05, 0) is 61.1 Å². The predicted molar refractivity (Wildman–Crippen MR) is 88.2 cm³/mol. The molecular formula is C19H19F2NO2. The van der Waals surface area contributed by atoms with Gasteiger partial charge in [-0.3, -0.25) is 4.79 Å². The summed E-state index contributed by atoms with van der Waals surface area (Å²) in [6.45, 7) is 1.81. The van der Waals surface area contributed by atoms with Crippen LogP contribution in [-0.4, -0.2) is 12.0 Å². The number of nitrogens with one attached hydrogen (secondary N) is 1. The lowest BCUT2D eigenvalue weighted by Crippen LogP contribution is -2.32. The molecule has 0 saturated carbocycles. The first-order valence-electron chi connectivity index (χ1n) is 8.11. The van der Waals surface area contributed by atoms with Crippen LogP contribution in [0, 0.1) is 11.6 Å². The van der Waals surface area contributed by atoms with E-state index in [0.717, 1.165) is 37.5 Å². The zero-order chi connectivity index (χ0) is 17.1. The van der Waals surface area contributed by atoms with E-state index in [-0.39, 0.29) is 5.69 Å². The Bertz CT molecular complexity index is 761. The van der Waals surface area contributed by atoms with Crippen molar-refractivity contribution in [2.24, 2.45) is 0 Å². The highest BCUT2D eigenvalue weighted by atomic mass is 19.1. The minimum absolute atomic E-state index is 0.184. The van der Waals surface area contributed by atoms with Crippen molar-refractivity contribution >= 4 is 11.6 Å². The topological polar surface area (TPSA) is 38.3 Å². The molecule has 3 rings (SSSR count). The highest BCUT2D eigenvalue weighted by Gasteiger charge is 2.21. The summed E-state index contributed by atoms with van der Waals surface area (Å²) in [7, 11) is 0. The van der Waals surface area contributed by atoms with E-state index < -0.39 is 23.6 Å². The molecule has 0 aromatic heterocycles. The number of carbonyl (C=O) groups is 1. The average Bonchev–Trinajstić information content (AvgIpc) is 3.03. The van der Waals surface area contributed by atoms with Gasteiger partial charge in [0.2, 0.25) is 0 Å². The molecule has 5 heteroatoms. The summed E-state index contributed by atoms with van der Waals surface area (Å²) < 4.78 is 32.6. The Labute approximate surface area is 139 Å². The maximum Gasteiger partial charge on any atom is 0.265 e. The van der Waals surface area contributed by atoms with E-state index in [9.17, 15) is 13.6 Å². The van der Waals surface area contributed by atoms with Crippen molar-refractivity contribution in [3.63, 3.8) is 0 Å². The molecule has 0 radical (unpaired) electrons. The van der Waals surface area contributed by atoms with Gasteiger partial charge in [-0.2, -0.15) is 0 Å². The lowest BCUT2D eigenvalue weighted by Gasteiger charge is -2.18. The van der Waals surface area contributed by atoms with E-state index in [1.807, 2.05) is 18.2 Å². The van der Waals surface area contributed by atoms with Crippen molar-refractivity contribution < 1.29 is 18.3 Å². The number of benzene rings is 2. The highest BCUT2D eigenvalue weighted by molar-refractivity contribution is 5.94. The molecule has 1 amide bonds. The standard InChI is InChI=1S/C19H19F2NO2/c1-2-18(19(23)22-17-11-14(20)7-9-16(17)21)24-15-8-6-12-4-3-5-13(12)10-15/h6-11,18H,2-5H2,1H3,(H,22,23)/t18-/m1/s1. The van der Waals surface area contributed by atoms with Crippen LogP contribution in [0.5, 0.6) is 5.75 Å². The number of ether oxygens (including phenoxy) is 1. The zero-order valence-corrected chi connectivity index (χ0v) is 13.4. The normalized spacial score (nSPS) is 14.1. The van der Waals surface area contributed by atoms with Gasteiger partial charge in [0.25, 0.3) is 5.91 Å². The summed E-state index contributed by atoms with van der Waals surface area (Å²) in [5.41, 5.74) is 2.39. The molecule has 1 N–H and O–H groups in total. The lowest BCUT2D eigenvalue weighted by molar-refractivity contribution is -0.122. The summed E-state index contributed by atoms with van der Waals surface area (Å²) >= 11 is 0. The predicted octanol–water partition coefficient (Wildman–Crippen LogP) is 4.25. The minimum atomic E-state index is -0.771. The summed E-state index contributed by atoms with van der Waals surface area (Å²) in [6, 6.07) is 8.77. The first-order valence-corrected chi connectivity index (χ1v) is 8.11. The Kier molecular flexibility index (Phi) is 4.79. The van der Waals surface area contributed by atoms with E-state index in [1.54, 1.807) is 6.92 Å². The third-order valence-corrected chi connectivity index (χ3v) is 4.20. The van der Waals surface area contributed by atoms with E-state index >= 15 is 0 Å². The molecule has 0 spiro atoms. The first kappa shape index (κ1) is 16.4. The van der Waals surface area contributed by atoms with Crippen LogP contribution in [-0.2, 0) is 17.6 Å².